The molecule has 2 rings (SSSR count). The van der Waals surface area contributed by atoms with Crippen LogP contribution >= 0.6 is 0 Å². The van der Waals surface area contributed by atoms with Gasteiger partial charge in [0.05, 0.1) is 19.0 Å². The Hall–Kier alpha value is -2.14. The number of ether oxygens (including phenoxy) is 1. The molecule has 0 aliphatic heterocycles. The maximum absolute atomic E-state index is 5.56. The van der Waals surface area contributed by atoms with Crippen LogP contribution in [0.2, 0.25) is 0 Å². The van der Waals surface area contributed by atoms with Crippen LogP contribution in [-0.2, 0) is 6.54 Å². The summed E-state index contributed by atoms with van der Waals surface area (Å²) in [5.41, 5.74) is 7.60. The van der Waals surface area contributed by atoms with E-state index in [2.05, 4.69) is 22.2 Å². The second kappa shape index (κ2) is 6.70. The number of hydrogen-bond donors (Lipinski definition) is 2. The zero-order valence-electron chi connectivity index (χ0n) is 11.0. The molecule has 5 heteroatoms. The molecule has 0 aliphatic carbocycles. The maximum atomic E-state index is 5.56. The average molecular weight is 258 g/mol. The summed E-state index contributed by atoms with van der Waals surface area (Å²) in [6.07, 6.45) is 4.22. The van der Waals surface area contributed by atoms with Crippen molar-refractivity contribution in [3.8, 4) is 5.88 Å². The smallest absolute Gasteiger partial charge is 0.234 e. The lowest BCUT2D eigenvalue weighted by molar-refractivity contribution is 0.304. The van der Waals surface area contributed by atoms with Gasteiger partial charge in [0.1, 0.15) is 0 Å². The fourth-order valence-corrected chi connectivity index (χ4v) is 1.56. The zero-order valence-corrected chi connectivity index (χ0v) is 11.0. The Labute approximate surface area is 112 Å². The van der Waals surface area contributed by atoms with Gasteiger partial charge in [0.15, 0.2) is 5.82 Å². The van der Waals surface area contributed by atoms with Crippen LogP contribution in [0.5, 0.6) is 5.88 Å². The predicted molar refractivity (Wildman–Crippen MR) is 75.4 cm³/mol. The first kappa shape index (κ1) is 13.3. The van der Waals surface area contributed by atoms with Crippen LogP contribution < -0.4 is 15.8 Å². The molecule has 1 aromatic heterocycles. The van der Waals surface area contributed by atoms with Crippen molar-refractivity contribution in [2.24, 2.45) is 5.73 Å². The molecule has 0 radical (unpaired) electrons. The molecular formula is C14H18N4O. The molecule has 0 unspecified atom stereocenters. The van der Waals surface area contributed by atoms with Gasteiger partial charge >= 0.3 is 0 Å². The van der Waals surface area contributed by atoms with E-state index < -0.39 is 0 Å². The van der Waals surface area contributed by atoms with Crippen molar-refractivity contribution in [2.75, 3.05) is 11.9 Å². The standard InChI is InChI=1S/C14H18N4O/c1-2-7-19-14-10-16-9-13(18-14)17-12-5-3-11(8-15)4-6-12/h3-6,9-10H,2,7-8,15H2,1H3,(H,17,18). The highest BCUT2D eigenvalue weighted by Gasteiger charge is 2.00. The number of anilines is 2. The van der Waals surface area contributed by atoms with Crippen molar-refractivity contribution in [3.63, 3.8) is 0 Å². The monoisotopic (exact) mass is 258 g/mol. The summed E-state index contributed by atoms with van der Waals surface area (Å²) in [6.45, 7) is 3.23. The third-order valence-corrected chi connectivity index (χ3v) is 2.53. The second-order valence-electron chi connectivity index (χ2n) is 4.12. The van der Waals surface area contributed by atoms with Gasteiger partial charge < -0.3 is 15.8 Å². The highest BCUT2D eigenvalue weighted by Crippen LogP contribution is 2.16. The fraction of sp³-hybridized carbons (Fsp3) is 0.286. The Morgan fingerprint density at radius 1 is 1.21 bits per heavy atom. The summed E-state index contributed by atoms with van der Waals surface area (Å²) >= 11 is 0. The Morgan fingerprint density at radius 2 is 2.00 bits per heavy atom. The second-order valence-corrected chi connectivity index (χ2v) is 4.12. The van der Waals surface area contributed by atoms with Gasteiger partial charge in [-0.1, -0.05) is 19.1 Å². The summed E-state index contributed by atoms with van der Waals surface area (Å²) in [4.78, 5) is 8.43. The van der Waals surface area contributed by atoms with Crippen LogP contribution in [0.25, 0.3) is 0 Å². The van der Waals surface area contributed by atoms with Crippen molar-refractivity contribution in [1.82, 2.24) is 9.97 Å². The van der Waals surface area contributed by atoms with Crippen molar-refractivity contribution >= 4 is 11.5 Å². The summed E-state index contributed by atoms with van der Waals surface area (Å²) in [5.74, 6) is 1.19. The van der Waals surface area contributed by atoms with E-state index in [0.717, 1.165) is 17.7 Å². The Morgan fingerprint density at radius 3 is 2.68 bits per heavy atom. The zero-order chi connectivity index (χ0) is 13.5. The van der Waals surface area contributed by atoms with E-state index in [1.54, 1.807) is 12.4 Å². The van der Waals surface area contributed by atoms with Crippen molar-refractivity contribution in [2.45, 2.75) is 19.9 Å². The predicted octanol–water partition coefficient (Wildman–Crippen LogP) is 2.47. The molecule has 100 valence electrons. The molecule has 1 heterocycles. The minimum absolute atomic E-state index is 0.533. The lowest BCUT2D eigenvalue weighted by Crippen LogP contribution is -2.01. The van der Waals surface area contributed by atoms with Crippen LogP contribution in [0.15, 0.2) is 36.7 Å². The van der Waals surface area contributed by atoms with E-state index in [0.29, 0.717) is 24.8 Å². The normalized spacial score (nSPS) is 10.2. The van der Waals surface area contributed by atoms with Crippen LogP contribution in [0.3, 0.4) is 0 Å². The number of benzene rings is 1. The number of nitrogens with zero attached hydrogens (tertiary/aromatic N) is 2. The molecule has 3 N–H and O–H groups in total. The number of rotatable bonds is 6. The molecule has 0 spiro atoms. The van der Waals surface area contributed by atoms with E-state index in [1.165, 1.54) is 0 Å². The Balaban J connectivity index is 2.05. The van der Waals surface area contributed by atoms with Crippen LogP contribution in [0.1, 0.15) is 18.9 Å². The summed E-state index contributed by atoms with van der Waals surface area (Å²) in [6, 6.07) is 7.88. The first-order valence-electron chi connectivity index (χ1n) is 6.32. The molecule has 0 fully saturated rings. The fourth-order valence-electron chi connectivity index (χ4n) is 1.56. The average Bonchev–Trinajstić information content (AvgIpc) is 2.46. The molecule has 0 aliphatic rings. The lowest BCUT2D eigenvalue weighted by Gasteiger charge is -2.08. The van der Waals surface area contributed by atoms with Gasteiger partial charge in [-0.2, -0.15) is 4.98 Å². The summed E-state index contributed by atoms with van der Waals surface area (Å²) in [5, 5.41) is 3.18. The Kier molecular flexibility index (Phi) is 4.69. The van der Waals surface area contributed by atoms with E-state index in [-0.39, 0.29) is 0 Å². The first-order valence-corrected chi connectivity index (χ1v) is 6.32. The molecule has 2 aromatic rings. The topological polar surface area (TPSA) is 73.1 Å². The lowest BCUT2D eigenvalue weighted by atomic mass is 10.2. The van der Waals surface area contributed by atoms with E-state index in [1.807, 2.05) is 24.3 Å². The van der Waals surface area contributed by atoms with Crippen LogP contribution in [0.4, 0.5) is 11.5 Å². The van der Waals surface area contributed by atoms with Crippen molar-refractivity contribution in [3.05, 3.63) is 42.2 Å². The molecule has 0 saturated carbocycles. The van der Waals surface area contributed by atoms with Crippen molar-refractivity contribution in [1.29, 1.82) is 0 Å². The Bertz CT molecular complexity index is 513. The molecule has 0 amide bonds. The van der Waals surface area contributed by atoms with E-state index >= 15 is 0 Å². The van der Waals surface area contributed by atoms with Gasteiger partial charge in [-0.05, 0) is 24.1 Å². The highest BCUT2D eigenvalue weighted by atomic mass is 16.5. The third-order valence-electron chi connectivity index (χ3n) is 2.53. The summed E-state index contributed by atoms with van der Waals surface area (Å²) < 4.78 is 5.44. The van der Waals surface area contributed by atoms with E-state index in [4.69, 9.17) is 10.5 Å². The van der Waals surface area contributed by atoms with Crippen LogP contribution in [0, 0.1) is 0 Å². The molecule has 0 saturated heterocycles. The van der Waals surface area contributed by atoms with Crippen molar-refractivity contribution < 1.29 is 4.74 Å². The highest BCUT2D eigenvalue weighted by molar-refractivity contribution is 5.55. The largest absolute Gasteiger partial charge is 0.477 e. The minimum Gasteiger partial charge on any atom is -0.477 e. The molecule has 5 nitrogen and oxygen atoms in total. The molecule has 0 bridgehead atoms. The number of nitrogens with one attached hydrogen (secondary N) is 1. The number of hydrogen-bond acceptors (Lipinski definition) is 5. The third kappa shape index (κ3) is 3.93. The number of nitrogens with two attached hydrogens (primary N) is 1. The van der Waals surface area contributed by atoms with Gasteiger partial charge in [0, 0.05) is 12.2 Å². The molecule has 19 heavy (non-hydrogen) atoms. The van der Waals surface area contributed by atoms with Crippen LogP contribution in [-0.4, -0.2) is 16.6 Å². The SMILES string of the molecule is CCCOc1cncc(Nc2ccc(CN)cc2)n1. The molecule has 0 atom stereocenters. The van der Waals surface area contributed by atoms with Gasteiger partial charge in [0.25, 0.3) is 0 Å². The van der Waals surface area contributed by atoms with E-state index in [9.17, 15) is 0 Å². The minimum atomic E-state index is 0.533. The first-order chi connectivity index (χ1) is 9.31. The van der Waals surface area contributed by atoms with Gasteiger partial charge in [-0.15, -0.1) is 0 Å². The van der Waals surface area contributed by atoms with Gasteiger partial charge in [-0.25, -0.2) is 0 Å². The van der Waals surface area contributed by atoms with Gasteiger partial charge in [0.2, 0.25) is 5.88 Å². The maximum Gasteiger partial charge on any atom is 0.234 e. The molecule has 1 aromatic carbocycles. The summed E-state index contributed by atoms with van der Waals surface area (Å²) in [7, 11) is 0. The quantitative estimate of drug-likeness (QED) is 0.832. The molecular weight excluding hydrogens is 240 g/mol. The van der Waals surface area contributed by atoms with Gasteiger partial charge in [-0.3, -0.25) is 4.98 Å². The number of aromatic nitrogens is 2.